The molecular weight excluding hydrogens is 224 g/mol. The molecule has 0 heterocycles. The van der Waals surface area contributed by atoms with Crippen LogP contribution in [0.1, 0.15) is 18.4 Å². The number of rotatable bonds is 8. The van der Waals surface area contributed by atoms with Crippen molar-refractivity contribution in [2.24, 2.45) is 0 Å². The van der Waals surface area contributed by atoms with Gasteiger partial charge in [-0.15, -0.1) is 0 Å². The molecule has 0 atom stereocenters. The van der Waals surface area contributed by atoms with Crippen LogP contribution in [0.4, 0.5) is 0 Å². The van der Waals surface area contributed by atoms with Crippen molar-refractivity contribution < 1.29 is 4.74 Å². The SMILES string of the molecule is COc1ccc(CCN(C)CCNC2CC2)cc1. The van der Waals surface area contributed by atoms with Crippen molar-refractivity contribution in [1.82, 2.24) is 10.2 Å². The van der Waals surface area contributed by atoms with Crippen molar-refractivity contribution in [3.63, 3.8) is 0 Å². The van der Waals surface area contributed by atoms with Gasteiger partial charge in [0.1, 0.15) is 5.75 Å². The lowest BCUT2D eigenvalue weighted by Crippen LogP contribution is -2.31. The lowest BCUT2D eigenvalue weighted by Gasteiger charge is -2.16. The minimum Gasteiger partial charge on any atom is -0.497 e. The van der Waals surface area contributed by atoms with Crippen molar-refractivity contribution in [1.29, 1.82) is 0 Å². The fourth-order valence-corrected chi connectivity index (χ4v) is 1.97. The Morgan fingerprint density at radius 3 is 2.56 bits per heavy atom. The number of methoxy groups -OCH3 is 1. The van der Waals surface area contributed by atoms with Crippen molar-refractivity contribution in [3.05, 3.63) is 29.8 Å². The highest BCUT2D eigenvalue weighted by atomic mass is 16.5. The van der Waals surface area contributed by atoms with E-state index in [1.807, 2.05) is 12.1 Å². The highest BCUT2D eigenvalue weighted by Gasteiger charge is 2.19. The van der Waals surface area contributed by atoms with E-state index >= 15 is 0 Å². The van der Waals surface area contributed by atoms with Gasteiger partial charge in [-0.2, -0.15) is 0 Å². The van der Waals surface area contributed by atoms with E-state index in [2.05, 4.69) is 29.4 Å². The largest absolute Gasteiger partial charge is 0.497 e. The number of hydrogen-bond donors (Lipinski definition) is 1. The van der Waals surface area contributed by atoms with Crippen LogP contribution in [0.2, 0.25) is 0 Å². The van der Waals surface area contributed by atoms with Crippen LogP contribution in [0.5, 0.6) is 5.75 Å². The summed E-state index contributed by atoms with van der Waals surface area (Å²) in [6.07, 6.45) is 3.84. The van der Waals surface area contributed by atoms with Gasteiger partial charge < -0.3 is 15.0 Å². The first kappa shape index (κ1) is 13.4. The summed E-state index contributed by atoms with van der Waals surface area (Å²) in [5, 5.41) is 3.54. The first-order chi connectivity index (χ1) is 8.78. The molecule has 0 spiro atoms. The second-order valence-corrected chi connectivity index (χ2v) is 5.13. The minimum absolute atomic E-state index is 0.819. The zero-order valence-electron chi connectivity index (χ0n) is 11.5. The number of hydrogen-bond acceptors (Lipinski definition) is 3. The van der Waals surface area contributed by atoms with Crippen molar-refractivity contribution in [2.45, 2.75) is 25.3 Å². The number of ether oxygens (including phenoxy) is 1. The van der Waals surface area contributed by atoms with Gasteiger partial charge in [0, 0.05) is 25.7 Å². The van der Waals surface area contributed by atoms with Crippen molar-refractivity contribution in [2.75, 3.05) is 33.8 Å². The molecule has 0 amide bonds. The molecule has 0 aromatic heterocycles. The van der Waals surface area contributed by atoms with E-state index < -0.39 is 0 Å². The zero-order valence-corrected chi connectivity index (χ0v) is 11.5. The maximum absolute atomic E-state index is 5.16. The van der Waals surface area contributed by atoms with Gasteiger partial charge in [0.15, 0.2) is 0 Å². The maximum Gasteiger partial charge on any atom is 0.118 e. The van der Waals surface area contributed by atoms with E-state index in [-0.39, 0.29) is 0 Å². The predicted molar refractivity (Wildman–Crippen MR) is 75.2 cm³/mol. The van der Waals surface area contributed by atoms with Crippen LogP contribution in [-0.4, -0.2) is 44.7 Å². The Balaban J connectivity index is 1.62. The summed E-state index contributed by atoms with van der Waals surface area (Å²) in [6.45, 7) is 3.36. The Hall–Kier alpha value is -1.06. The molecule has 3 nitrogen and oxygen atoms in total. The van der Waals surface area contributed by atoms with Crippen LogP contribution in [0.25, 0.3) is 0 Å². The van der Waals surface area contributed by atoms with E-state index in [0.717, 1.165) is 37.8 Å². The third kappa shape index (κ3) is 4.67. The van der Waals surface area contributed by atoms with Gasteiger partial charge >= 0.3 is 0 Å². The molecule has 1 aromatic rings. The molecule has 0 saturated heterocycles. The molecule has 0 unspecified atom stereocenters. The highest BCUT2D eigenvalue weighted by Crippen LogP contribution is 2.18. The van der Waals surface area contributed by atoms with Gasteiger partial charge in [-0.3, -0.25) is 0 Å². The van der Waals surface area contributed by atoms with Crippen molar-refractivity contribution >= 4 is 0 Å². The Morgan fingerprint density at radius 1 is 1.22 bits per heavy atom. The van der Waals surface area contributed by atoms with E-state index in [9.17, 15) is 0 Å². The number of likely N-dealkylation sites (N-methyl/N-ethyl adjacent to an activating group) is 1. The quantitative estimate of drug-likeness (QED) is 0.760. The topological polar surface area (TPSA) is 24.5 Å². The second kappa shape index (κ2) is 6.76. The molecular formula is C15H24N2O. The van der Waals surface area contributed by atoms with Crippen LogP contribution in [-0.2, 0) is 6.42 Å². The van der Waals surface area contributed by atoms with Crippen LogP contribution in [0.3, 0.4) is 0 Å². The van der Waals surface area contributed by atoms with Gasteiger partial charge in [0.2, 0.25) is 0 Å². The van der Waals surface area contributed by atoms with Gasteiger partial charge in [-0.1, -0.05) is 12.1 Å². The molecule has 1 saturated carbocycles. The van der Waals surface area contributed by atoms with E-state index in [1.54, 1.807) is 7.11 Å². The Morgan fingerprint density at radius 2 is 1.94 bits per heavy atom. The fraction of sp³-hybridized carbons (Fsp3) is 0.600. The van der Waals surface area contributed by atoms with Crippen LogP contribution < -0.4 is 10.1 Å². The molecule has 1 aliphatic carbocycles. The lowest BCUT2D eigenvalue weighted by atomic mass is 10.1. The standard InChI is InChI=1S/C15H24N2O/c1-17(12-10-16-14-5-6-14)11-9-13-3-7-15(18-2)8-4-13/h3-4,7-8,14,16H,5-6,9-12H2,1-2H3. The summed E-state index contributed by atoms with van der Waals surface area (Å²) in [5.41, 5.74) is 1.37. The van der Waals surface area contributed by atoms with Gasteiger partial charge in [-0.25, -0.2) is 0 Å². The molecule has 1 N–H and O–H groups in total. The van der Waals surface area contributed by atoms with Crippen LogP contribution in [0.15, 0.2) is 24.3 Å². The fourth-order valence-electron chi connectivity index (χ4n) is 1.97. The summed E-state index contributed by atoms with van der Waals surface area (Å²) >= 11 is 0. The molecule has 100 valence electrons. The molecule has 3 heteroatoms. The lowest BCUT2D eigenvalue weighted by molar-refractivity contribution is 0.335. The van der Waals surface area contributed by atoms with Gasteiger partial charge in [0.25, 0.3) is 0 Å². The summed E-state index contributed by atoms with van der Waals surface area (Å²) in [4.78, 5) is 2.39. The van der Waals surface area contributed by atoms with Crippen LogP contribution >= 0.6 is 0 Å². The summed E-state index contributed by atoms with van der Waals surface area (Å²) in [6, 6.07) is 9.18. The monoisotopic (exact) mass is 248 g/mol. The molecule has 1 fully saturated rings. The molecule has 18 heavy (non-hydrogen) atoms. The third-order valence-electron chi connectivity index (χ3n) is 3.45. The normalized spacial score (nSPS) is 15.1. The summed E-state index contributed by atoms with van der Waals surface area (Å²) in [7, 11) is 3.90. The Labute approximate surface area is 110 Å². The maximum atomic E-state index is 5.16. The molecule has 1 aliphatic rings. The second-order valence-electron chi connectivity index (χ2n) is 5.13. The minimum atomic E-state index is 0.819. The average Bonchev–Trinajstić information content (AvgIpc) is 3.21. The molecule has 0 radical (unpaired) electrons. The summed E-state index contributed by atoms with van der Waals surface area (Å²) < 4.78 is 5.16. The number of benzene rings is 1. The first-order valence-corrected chi connectivity index (χ1v) is 6.83. The molecule has 0 bridgehead atoms. The number of nitrogens with one attached hydrogen (secondary N) is 1. The van der Waals surface area contributed by atoms with Gasteiger partial charge in [-0.05, 0) is 44.0 Å². The zero-order chi connectivity index (χ0) is 12.8. The molecule has 0 aliphatic heterocycles. The highest BCUT2D eigenvalue weighted by molar-refractivity contribution is 5.27. The van der Waals surface area contributed by atoms with E-state index in [0.29, 0.717) is 0 Å². The first-order valence-electron chi connectivity index (χ1n) is 6.83. The Kier molecular flexibility index (Phi) is 5.02. The third-order valence-corrected chi connectivity index (χ3v) is 3.45. The van der Waals surface area contributed by atoms with E-state index in [4.69, 9.17) is 4.74 Å². The number of nitrogens with zero attached hydrogens (tertiary/aromatic N) is 1. The molecule has 1 aromatic carbocycles. The van der Waals surface area contributed by atoms with Gasteiger partial charge in [0.05, 0.1) is 7.11 Å². The Bertz CT molecular complexity index is 346. The predicted octanol–water partition coefficient (Wildman–Crippen LogP) is 1.92. The van der Waals surface area contributed by atoms with Crippen LogP contribution in [0, 0.1) is 0 Å². The average molecular weight is 248 g/mol. The van der Waals surface area contributed by atoms with E-state index in [1.165, 1.54) is 18.4 Å². The van der Waals surface area contributed by atoms with Crippen molar-refractivity contribution in [3.8, 4) is 5.75 Å². The smallest absolute Gasteiger partial charge is 0.118 e. The molecule has 2 rings (SSSR count). The summed E-state index contributed by atoms with van der Waals surface area (Å²) in [5.74, 6) is 0.931.